The number of ether oxygens (including phenoxy) is 2. The van der Waals surface area contributed by atoms with E-state index in [1.165, 1.54) is 18.3 Å². The Bertz CT molecular complexity index is 695. The number of furan rings is 1. The summed E-state index contributed by atoms with van der Waals surface area (Å²) in [7, 11) is 4.76. The van der Waals surface area contributed by atoms with Gasteiger partial charge in [0.2, 0.25) is 0 Å². The normalized spacial score (nSPS) is 10.1. The lowest BCUT2D eigenvalue weighted by atomic mass is 10.1. The van der Waals surface area contributed by atoms with Gasteiger partial charge in [0.1, 0.15) is 5.76 Å². The van der Waals surface area contributed by atoms with Crippen LogP contribution in [0.25, 0.3) is 0 Å². The second-order valence-electron chi connectivity index (χ2n) is 5.18. The second kappa shape index (κ2) is 8.05. The van der Waals surface area contributed by atoms with Crippen LogP contribution in [-0.4, -0.2) is 44.5 Å². The molecule has 0 aliphatic carbocycles. The molecule has 1 aromatic heterocycles. The van der Waals surface area contributed by atoms with Gasteiger partial charge in [-0.3, -0.25) is 9.59 Å². The van der Waals surface area contributed by atoms with E-state index in [1.807, 2.05) is 0 Å². The summed E-state index contributed by atoms with van der Waals surface area (Å²) < 4.78 is 15.9. The van der Waals surface area contributed by atoms with E-state index < -0.39 is 0 Å². The van der Waals surface area contributed by atoms with E-state index in [0.717, 1.165) is 0 Å². The lowest BCUT2D eigenvalue weighted by molar-refractivity contribution is -0.123. The predicted octanol–water partition coefficient (Wildman–Crippen LogP) is 1.69. The highest BCUT2D eigenvalue weighted by molar-refractivity contribution is 5.97. The SMILES string of the molecule is COc1cccc(C(=O)N(C)C)c1OCC(=O)NCc1ccco1. The molecule has 0 aliphatic rings. The summed E-state index contributed by atoms with van der Waals surface area (Å²) in [5.41, 5.74) is 0.332. The number of benzene rings is 1. The first-order valence-electron chi connectivity index (χ1n) is 7.33. The Kier molecular flexibility index (Phi) is 5.83. The van der Waals surface area contributed by atoms with Gasteiger partial charge in [0.15, 0.2) is 18.1 Å². The monoisotopic (exact) mass is 332 g/mol. The van der Waals surface area contributed by atoms with Crippen molar-refractivity contribution in [2.24, 2.45) is 0 Å². The zero-order chi connectivity index (χ0) is 17.5. The van der Waals surface area contributed by atoms with Crippen LogP contribution >= 0.6 is 0 Å². The van der Waals surface area contributed by atoms with E-state index in [9.17, 15) is 9.59 Å². The molecule has 0 saturated carbocycles. The lowest BCUT2D eigenvalue weighted by Crippen LogP contribution is -2.29. The van der Waals surface area contributed by atoms with Crippen LogP contribution in [0.2, 0.25) is 0 Å². The highest BCUT2D eigenvalue weighted by Crippen LogP contribution is 2.31. The maximum absolute atomic E-state index is 12.2. The van der Waals surface area contributed by atoms with Crippen molar-refractivity contribution in [3.05, 3.63) is 47.9 Å². The van der Waals surface area contributed by atoms with Gasteiger partial charge >= 0.3 is 0 Å². The molecule has 2 rings (SSSR count). The average Bonchev–Trinajstić information content (AvgIpc) is 3.10. The summed E-state index contributed by atoms with van der Waals surface area (Å²) in [5.74, 6) is 0.706. The quantitative estimate of drug-likeness (QED) is 0.834. The lowest BCUT2D eigenvalue weighted by Gasteiger charge is -2.17. The van der Waals surface area contributed by atoms with E-state index in [1.54, 1.807) is 44.4 Å². The van der Waals surface area contributed by atoms with Crippen LogP contribution in [0.4, 0.5) is 0 Å². The van der Waals surface area contributed by atoms with Crippen molar-refractivity contribution < 1.29 is 23.5 Å². The molecule has 0 saturated heterocycles. The molecule has 1 N–H and O–H groups in total. The largest absolute Gasteiger partial charge is 0.493 e. The summed E-state index contributed by atoms with van der Waals surface area (Å²) in [6.45, 7) is 0.0272. The molecule has 7 nitrogen and oxygen atoms in total. The number of nitrogens with one attached hydrogen (secondary N) is 1. The number of amides is 2. The van der Waals surface area contributed by atoms with Crippen molar-refractivity contribution >= 4 is 11.8 Å². The third kappa shape index (κ3) is 4.28. The van der Waals surface area contributed by atoms with Crippen LogP contribution in [0.5, 0.6) is 11.5 Å². The Morgan fingerprint density at radius 3 is 2.62 bits per heavy atom. The smallest absolute Gasteiger partial charge is 0.258 e. The summed E-state index contributed by atoms with van der Waals surface area (Å²) in [6.07, 6.45) is 1.53. The number of carbonyl (C=O) groups excluding carboxylic acids is 2. The summed E-state index contributed by atoms with van der Waals surface area (Å²) in [6, 6.07) is 8.49. The summed E-state index contributed by atoms with van der Waals surface area (Å²) >= 11 is 0. The zero-order valence-electron chi connectivity index (χ0n) is 13.9. The Morgan fingerprint density at radius 1 is 1.21 bits per heavy atom. The molecule has 2 aromatic rings. The third-order valence-electron chi connectivity index (χ3n) is 3.22. The number of methoxy groups -OCH3 is 1. The molecule has 0 radical (unpaired) electrons. The number of para-hydroxylation sites is 1. The van der Waals surface area contributed by atoms with E-state index in [-0.39, 0.29) is 30.7 Å². The van der Waals surface area contributed by atoms with Crippen LogP contribution in [0.15, 0.2) is 41.0 Å². The molecule has 0 fully saturated rings. The molecule has 2 amide bonds. The van der Waals surface area contributed by atoms with Crippen LogP contribution in [-0.2, 0) is 11.3 Å². The van der Waals surface area contributed by atoms with Crippen molar-refractivity contribution in [1.82, 2.24) is 10.2 Å². The number of carbonyl (C=O) groups is 2. The van der Waals surface area contributed by atoms with Gasteiger partial charge in [0.05, 0.1) is 25.5 Å². The van der Waals surface area contributed by atoms with Gasteiger partial charge in [-0.05, 0) is 24.3 Å². The van der Waals surface area contributed by atoms with Crippen molar-refractivity contribution in [3.63, 3.8) is 0 Å². The molecular formula is C17H20N2O5. The fraction of sp³-hybridized carbons (Fsp3) is 0.294. The maximum Gasteiger partial charge on any atom is 0.258 e. The van der Waals surface area contributed by atoms with E-state index in [4.69, 9.17) is 13.9 Å². The van der Waals surface area contributed by atoms with Crippen LogP contribution in [0.3, 0.4) is 0 Å². The molecule has 128 valence electrons. The fourth-order valence-corrected chi connectivity index (χ4v) is 2.02. The molecule has 0 spiro atoms. The van der Waals surface area contributed by atoms with Crippen LogP contribution < -0.4 is 14.8 Å². The van der Waals surface area contributed by atoms with Gasteiger partial charge < -0.3 is 24.1 Å². The fourth-order valence-electron chi connectivity index (χ4n) is 2.02. The minimum absolute atomic E-state index is 0.236. The first-order chi connectivity index (χ1) is 11.5. The van der Waals surface area contributed by atoms with Gasteiger partial charge in [-0.25, -0.2) is 0 Å². The third-order valence-corrected chi connectivity index (χ3v) is 3.22. The Labute approximate surface area is 140 Å². The Balaban J connectivity index is 2.04. The first kappa shape index (κ1) is 17.4. The van der Waals surface area contributed by atoms with Crippen molar-refractivity contribution in [3.8, 4) is 11.5 Å². The van der Waals surface area contributed by atoms with Gasteiger partial charge in [-0.15, -0.1) is 0 Å². The standard InChI is InChI=1S/C17H20N2O5/c1-19(2)17(21)13-7-4-8-14(22-3)16(13)24-11-15(20)18-10-12-6-5-9-23-12/h4-9H,10-11H2,1-3H3,(H,18,20). The number of nitrogens with zero attached hydrogens (tertiary/aromatic N) is 1. The van der Waals surface area contributed by atoms with Crippen LogP contribution in [0, 0.1) is 0 Å². The summed E-state index contributed by atoms with van der Waals surface area (Å²) in [4.78, 5) is 25.6. The topological polar surface area (TPSA) is 81.0 Å². The average molecular weight is 332 g/mol. The van der Waals surface area contributed by atoms with Gasteiger partial charge in [0.25, 0.3) is 11.8 Å². The second-order valence-corrected chi connectivity index (χ2v) is 5.18. The molecule has 0 unspecified atom stereocenters. The Hall–Kier alpha value is -2.96. The predicted molar refractivity (Wildman–Crippen MR) is 87.1 cm³/mol. The molecule has 1 heterocycles. The van der Waals surface area contributed by atoms with E-state index in [2.05, 4.69) is 5.32 Å². The minimum atomic E-state index is -0.333. The van der Waals surface area contributed by atoms with Crippen LogP contribution in [0.1, 0.15) is 16.1 Å². The molecule has 0 aliphatic heterocycles. The molecule has 7 heteroatoms. The molecule has 0 atom stereocenters. The highest BCUT2D eigenvalue weighted by atomic mass is 16.5. The highest BCUT2D eigenvalue weighted by Gasteiger charge is 2.19. The van der Waals surface area contributed by atoms with Crippen molar-refractivity contribution in [2.75, 3.05) is 27.8 Å². The molecule has 1 aromatic carbocycles. The van der Waals surface area contributed by atoms with Crippen molar-refractivity contribution in [2.45, 2.75) is 6.54 Å². The molecule has 0 bridgehead atoms. The van der Waals surface area contributed by atoms with E-state index >= 15 is 0 Å². The van der Waals surface area contributed by atoms with E-state index in [0.29, 0.717) is 17.1 Å². The van der Waals surface area contributed by atoms with Gasteiger partial charge in [-0.2, -0.15) is 0 Å². The number of hydrogen-bond donors (Lipinski definition) is 1. The first-order valence-corrected chi connectivity index (χ1v) is 7.33. The van der Waals surface area contributed by atoms with Crippen molar-refractivity contribution in [1.29, 1.82) is 0 Å². The number of rotatable bonds is 7. The summed E-state index contributed by atoms with van der Waals surface area (Å²) in [5, 5.41) is 2.67. The number of hydrogen-bond acceptors (Lipinski definition) is 5. The van der Waals surface area contributed by atoms with Gasteiger partial charge in [0, 0.05) is 14.1 Å². The molecular weight excluding hydrogens is 312 g/mol. The Morgan fingerprint density at radius 2 is 2.00 bits per heavy atom. The van der Waals surface area contributed by atoms with Gasteiger partial charge in [-0.1, -0.05) is 6.07 Å². The molecule has 24 heavy (non-hydrogen) atoms. The maximum atomic E-state index is 12.2. The minimum Gasteiger partial charge on any atom is -0.493 e. The zero-order valence-corrected chi connectivity index (χ0v) is 13.9.